The van der Waals surface area contributed by atoms with Crippen LogP contribution in [0.25, 0.3) is 0 Å². The molecule has 1 aliphatic rings. The van der Waals surface area contributed by atoms with Crippen LogP contribution in [0, 0.1) is 5.92 Å². The zero-order valence-corrected chi connectivity index (χ0v) is 11.9. The minimum Gasteiger partial charge on any atom is -0.300 e. The molecule has 0 saturated carbocycles. The summed E-state index contributed by atoms with van der Waals surface area (Å²) in [5.74, 6) is 1.72. The molecule has 0 N–H and O–H groups in total. The topological polar surface area (TPSA) is 3.24 Å². The van der Waals surface area contributed by atoms with Crippen LogP contribution in [0.2, 0.25) is 0 Å². The molecule has 1 saturated heterocycles. The van der Waals surface area contributed by atoms with Crippen molar-refractivity contribution in [1.82, 2.24) is 4.90 Å². The van der Waals surface area contributed by atoms with Gasteiger partial charge in [-0.05, 0) is 43.8 Å². The number of thiol groups is 1. The van der Waals surface area contributed by atoms with Crippen LogP contribution >= 0.6 is 12.6 Å². The molecular weight excluding hydrogens is 238 g/mol. The van der Waals surface area contributed by atoms with Crippen LogP contribution in [0.3, 0.4) is 0 Å². The Morgan fingerprint density at radius 3 is 2.50 bits per heavy atom. The third kappa shape index (κ3) is 4.51. The molecule has 18 heavy (non-hydrogen) atoms. The van der Waals surface area contributed by atoms with E-state index in [1.54, 1.807) is 0 Å². The van der Waals surface area contributed by atoms with Crippen LogP contribution in [-0.2, 0) is 6.42 Å². The van der Waals surface area contributed by atoms with Crippen LogP contribution in [0.4, 0.5) is 0 Å². The summed E-state index contributed by atoms with van der Waals surface area (Å²) in [5.41, 5.74) is 1.49. The minimum atomic E-state index is 0.852. The smallest absolute Gasteiger partial charge is 0.0163 e. The lowest BCUT2D eigenvalue weighted by Gasteiger charge is -2.31. The number of hydrogen-bond donors (Lipinski definition) is 1. The lowest BCUT2D eigenvalue weighted by atomic mass is 9.90. The summed E-state index contributed by atoms with van der Waals surface area (Å²) in [6.07, 6.45) is 8.30. The van der Waals surface area contributed by atoms with Gasteiger partial charge in [0.25, 0.3) is 0 Å². The van der Waals surface area contributed by atoms with E-state index in [2.05, 4.69) is 60.0 Å². The fourth-order valence-corrected chi connectivity index (χ4v) is 2.77. The monoisotopic (exact) mass is 261 g/mol. The Balaban J connectivity index is 1.72. The van der Waals surface area contributed by atoms with Gasteiger partial charge in [0.2, 0.25) is 0 Å². The molecule has 1 heterocycles. The van der Waals surface area contributed by atoms with E-state index < -0.39 is 0 Å². The summed E-state index contributed by atoms with van der Waals surface area (Å²) in [6.45, 7) is 3.58. The second-order valence-corrected chi connectivity index (χ2v) is 5.45. The van der Waals surface area contributed by atoms with Crippen molar-refractivity contribution in [2.75, 3.05) is 25.4 Å². The van der Waals surface area contributed by atoms with Crippen molar-refractivity contribution in [2.24, 2.45) is 5.92 Å². The summed E-state index contributed by atoms with van der Waals surface area (Å²) in [5, 5.41) is 0. The Morgan fingerprint density at radius 1 is 1.11 bits per heavy atom. The Hall–Kier alpha value is -0.730. The van der Waals surface area contributed by atoms with Crippen molar-refractivity contribution in [3.63, 3.8) is 0 Å². The van der Waals surface area contributed by atoms with Gasteiger partial charge in [-0.3, -0.25) is 4.90 Å². The van der Waals surface area contributed by atoms with Crippen molar-refractivity contribution in [3.05, 3.63) is 48.0 Å². The molecule has 1 fully saturated rings. The normalized spacial score (nSPS) is 18.5. The maximum atomic E-state index is 4.18. The lowest BCUT2D eigenvalue weighted by molar-refractivity contribution is 0.200. The van der Waals surface area contributed by atoms with Gasteiger partial charge in [-0.1, -0.05) is 42.5 Å². The average molecular weight is 261 g/mol. The summed E-state index contributed by atoms with van der Waals surface area (Å²) < 4.78 is 0. The molecule has 0 radical (unpaired) electrons. The Labute approximate surface area is 116 Å². The fraction of sp³-hybridized carbons (Fsp3) is 0.500. The van der Waals surface area contributed by atoms with E-state index in [1.807, 2.05) is 0 Å². The van der Waals surface area contributed by atoms with Gasteiger partial charge in [0, 0.05) is 12.3 Å². The standard InChI is InChI=1S/C16H23NS/c18-13-5-4-10-17-11-8-16(9-12-17)14-15-6-2-1-3-7-15/h1-7,16,18H,8-14H2. The van der Waals surface area contributed by atoms with Gasteiger partial charge in [-0.25, -0.2) is 0 Å². The molecule has 0 atom stereocenters. The highest BCUT2D eigenvalue weighted by molar-refractivity contribution is 7.80. The zero-order valence-electron chi connectivity index (χ0n) is 11.0. The Bertz CT molecular complexity index is 353. The molecule has 98 valence electrons. The van der Waals surface area contributed by atoms with E-state index in [0.29, 0.717) is 0 Å². The van der Waals surface area contributed by atoms with Gasteiger partial charge in [0.15, 0.2) is 0 Å². The molecule has 1 aromatic carbocycles. The van der Waals surface area contributed by atoms with Gasteiger partial charge in [-0.2, -0.15) is 12.6 Å². The molecule has 1 nitrogen and oxygen atoms in total. The van der Waals surface area contributed by atoms with Crippen LogP contribution in [0.1, 0.15) is 18.4 Å². The number of piperidine rings is 1. The quantitative estimate of drug-likeness (QED) is 0.628. The van der Waals surface area contributed by atoms with Crippen LogP contribution < -0.4 is 0 Å². The maximum absolute atomic E-state index is 4.18. The van der Waals surface area contributed by atoms with E-state index in [9.17, 15) is 0 Å². The first-order valence-corrected chi connectivity index (χ1v) is 7.54. The summed E-state index contributed by atoms with van der Waals surface area (Å²) in [6, 6.07) is 10.9. The second-order valence-electron chi connectivity index (χ2n) is 5.09. The predicted octanol–water partition coefficient (Wildman–Crippen LogP) is 3.43. The lowest BCUT2D eigenvalue weighted by Crippen LogP contribution is -2.34. The van der Waals surface area contributed by atoms with Gasteiger partial charge in [0.1, 0.15) is 0 Å². The van der Waals surface area contributed by atoms with E-state index in [-0.39, 0.29) is 0 Å². The van der Waals surface area contributed by atoms with Crippen LogP contribution in [-0.4, -0.2) is 30.3 Å². The zero-order chi connectivity index (χ0) is 12.6. The number of hydrogen-bond acceptors (Lipinski definition) is 2. The second kappa shape index (κ2) is 7.65. The summed E-state index contributed by atoms with van der Waals surface area (Å²) in [7, 11) is 0. The van der Waals surface area contributed by atoms with Gasteiger partial charge in [0.05, 0.1) is 0 Å². The Kier molecular flexibility index (Phi) is 5.82. The molecule has 2 heteroatoms. The Morgan fingerprint density at radius 2 is 1.83 bits per heavy atom. The molecule has 0 unspecified atom stereocenters. The highest BCUT2D eigenvalue weighted by Crippen LogP contribution is 2.21. The molecule has 1 aliphatic heterocycles. The first-order chi connectivity index (χ1) is 8.88. The molecule has 2 rings (SSSR count). The number of benzene rings is 1. The predicted molar refractivity (Wildman–Crippen MR) is 82.3 cm³/mol. The van der Waals surface area contributed by atoms with Crippen molar-refractivity contribution in [3.8, 4) is 0 Å². The average Bonchev–Trinajstić information content (AvgIpc) is 2.42. The fourth-order valence-electron chi connectivity index (χ4n) is 2.62. The number of rotatable bonds is 5. The van der Waals surface area contributed by atoms with Crippen LogP contribution in [0.5, 0.6) is 0 Å². The number of likely N-dealkylation sites (tertiary alicyclic amines) is 1. The third-order valence-electron chi connectivity index (χ3n) is 3.71. The highest BCUT2D eigenvalue weighted by Gasteiger charge is 2.18. The van der Waals surface area contributed by atoms with Crippen molar-refractivity contribution >= 4 is 12.6 Å². The van der Waals surface area contributed by atoms with Gasteiger partial charge in [-0.15, -0.1) is 0 Å². The minimum absolute atomic E-state index is 0.852. The molecule has 0 bridgehead atoms. The highest BCUT2D eigenvalue weighted by atomic mass is 32.1. The summed E-state index contributed by atoms with van der Waals surface area (Å²) in [4.78, 5) is 2.54. The first-order valence-electron chi connectivity index (χ1n) is 6.90. The van der Waals surface area contributed by atoms with E-state index in [0.717, 1.165) is 18.2 Å². The largest absolute Gasteiger partial charge is 0.300 e. The van der Waals surface area contributed by atoms with Gasteiger partial charge < -0.3 is 0 Å². The van der Waals surface area contributed by atoms with Crippen molar-refractivity contribution in [2.45, 2.75) is 19.3 Å². The van der Waals surface area contributed by atoms with Crippen molar-refractivity contribution < 1.29 is 0 Å². The van der Waals surface area contributed by atoms with Crippen molar-refractivity contribution in [1.29, 1.82) is 0 Å². The number of nitrogens with zero attached hydrogens (tertiary/aromatic N) is 1. The van der Waals surface area contributed by atoms with E-state index in [1.165, 1.54) is 37.9 Å². The molecular formula is C16H23NS. The SMILES string of the molecule is SCC=CCN1CCC(Cc2ccccc2)CC1. The third-order valence-corrected chi connectivity index (χ3v) is 3.92. The van der Waals surface area contributed by atoms with E-state index >= 15 is 0 Å². The van der Waals surface area contributed by atoms with Gasteiger partial charge >= 0.3 is 0 Å². The summed E-state index contributed by atoms with van der Waals surface area (Å²) >= 11 is 4.18. The van der Waals surface area contributed by atoms with Crippen LogP contribution in [0.15, 0.2) is 42.5 Å². The first kappa shape index (κ1) is 13.7. The molecule has 0 spiro atoms. The maximum Gasteiger partial charge on any atom is 0.0163 e. The molecule has 0 aromatic heterocycles. The molecule has 0 amide bonds. The molecule has 0 aliphatic carbocycles. The molecule has 1 aromatic rings. The van der Waals surface area contributed by atoms with E-state index in [4.69, 9.17) is 0 Å².